The number of nitrogens with zero attached hydrogens (tertiary/aromatic N) is 3. The fraction of sp³-hybridized carbons (Fsp3) is 0.357. The van der Waals surface area contributed by atoms with Crippen molar-refractivity contribution in [1.82, 2.24) is 20.1 Å². The normalized spacial score (nSPS) is 13.8. The van der Waals surface area contributed by atoms with Crippen molar-refractivity contribution >= 4 is 5.91 Å². The number of amides is 1. The average Bonchev–Trinajstić information content (AvgIpc) is 2.86. The van der Waals surface area contributed by atoms with Gasteiger partial charge in [0.25, 0.3) is 0 Å². The third kappa shape index (κ3) is 3.42. The van der Waals surface area contributed by atoms with E-state index >= 15 is 0 Å². The highest BCUT2D eigenvalue weighted by molar-refractivity contribution is 5.82. The summed E-state index contributed by atoms with van der Waals surface area (Å²) < 4.78 is 1.77. The Bertz CT molecular complexity index is 566. The summed E-state index contributed by atoms with van der Waals surface area (Å²) in [4.78, 5) is 12.1. The van der Waals surface area contributed by atoms with Crippen molar-refractivity contribution in [3.8, 4) is 0 Å². The largest absolute Gasteiger partial charge is 0.345 e. The molecule has 6 nitrogen and oxygen atoms in total. The van der Waals surface area contributed by atoms with Gasteiger partial charge in [-0.2, -0.15) is 0 Å². The Hall–Kier alpha value is -2.21. The van der Waals surface area contributed by atoms with Crippen LogP contribution < -0.4 is 11.1 Å². The molecule has 0 saturated carbocycles. The number of aromatic nitrogens is 3. The number of nitrogens with two attached hydrogens (primary N) is 1. The van der Waals surface area contributed by atoms with E-state index in [4.69, 9.17) is 5.73 Å². The lowest BCUT2D eigenvalue weighted by molar-refractivity contribution is -0.123. The summed E-state index contributed by atoms with van der Waals surface area (Å²) in [6, 6.07) is 8.92. The summed E-state index contributed by atoms with van der Waals surface area (Å²) in [5, 5.41) is 10.6. The van der Waals surface area contributed by atoms with E-state index in [1.807, 2.05) is 44.3 Å². The van der Waals surface area contributed by atoms with Gasteiger partial charge in [-0.25, -0.2) is 0 Å². The zero-order chi connectivity index (χ0) is 14.5. The van der Waals surface area contributed by atoms with E-state index in [0.717, 1.165) is 5.56 Å². The quantitative estimate of drug-likeness (QED) is 0.833. The fourth-order valence-electron chi connectivity index (χ4n) is 2.03. The van der Waals surface area contributed by atoms with E-state index in [1.54, 1.807) is 10.9 Å². The maximum absolute atomic E-state index is 12.1. The van der Waals surface area contributed by atoms with Crippen LogP contribution >= 0.6 is 0 Å². The van der Waals surface area contributed by atoms with Crippen molar-refractivity contribution in [1.29, 1.82) is 0 Å². The summed E-state index contributed by atoms with van der Waals surface area (Å²) in [7, 11) is 1.84. The van der Waals surface area contributed by atoms with Crippen LogP contribution in [0.25, 0.3) is 0 Å². The topological polar surface area (TPSA) is 85.8 Å². The number of hydrogen-bond acceptors (Lipinski definition) is 4. The maximum Gasteiger partial charge on any atom is 0.237 e. The minimum absolute atomic E-state index is 0.190. The molecule has 0 spiro atoms. The Labute approximate surface area is 118 Å². The number of carbonyl (C=O) groups excluding carboxylic acids is 1. The van der Waals surface area contributed by atoms with Gasteiger partial charge in [0.1, 0.15) is 6.33 Å². The standard InChI is InChI=1S/C14H19N5O/c1-10(13-18-16-9-19(13)2)17-14(20)12(15)8-11-6-4-3-5-7-11/h3-7,9-10,12H,8,15H2,1-2H3,(H,17,20)/t10?,12-/m1/s1. The van der Waals surface area contributed by atoms with E-state index in [-0.39, 0.29) is 11.9 Å². The Morgan fingerprint density at radius 3 is 2.70 bits per heavy atom. The highest BCUT2D eigenvalue weighted by atomic mass is 16.2. The van der Waals surface area contributed by atoms with Crippen LogP contribution in [0.3, 0.4) is 0 Å². The summed E-state index contributed by atoms with van der Waals surface area (Å²) >= 11 is 0. The van der Waals surface area contributed by atoms with Gasteiger partial charge in [-0.05, 0) is 18.9 Å². The van der Waals surface area contributed by atoms with Gasteiger partial charge in [0, 0.05) is 7.05 Å². The van der Waals surface area contributed by atoms with Gasteiger partial charge in [-0.3, -0.25) is 4.79 Å². The van der Waals surface area contributed by atoms with Crippen LogP contribution in [-0.4, -0.2) is 26.7 Å². The van der Waals surface area contributed by atoms with E-state index in [1.165, 1.54) is 0 Å². The number of benzene rings is 1. The zero-order valence-electron chi connectivity index (χ0n) is 11.7. The second-order valence-electron chi connectivity index (χ2n) is 4.83. The molecule has 0 radical (unpaired) electrons. The molecular weight excluding hydrogens is 254 g/mol. The molecule has 0 aliphatic carbocycles. The summed E-state index contributed by atoms with van der Waals surface area (Å²) in [6.45, 7) is 1.86. The molecule has 0 aliphatic heterocycles. The van der Waals surface area contributed by atoms with Gasteiger partial charge in [-0.1, -0.05) is 30.3 Å². The van der Waals surface area contributed by atoms with Crippen molar-refractivity contribution in [3.05, 3.63) is 48.0 Å². The molecule has 1 aromatic carbocycles. The molecule has 0 saturated heterocycles. The molecule has 106 valence electrons. The lowest BCUT2D eigenvalue weighted by Gasteiger charge is -2.17. The van der Waals surface area contributed by atoms with Crippen molar-refractivity contribution in [2.45, 2.75) is 25.4 Å². The van der Waals surface area contributed by atoms with Gasteiger partial charge < -0.3 is 15.6 Å². The van der Waals surface area contributed by atoms with Crippen LogP contribution in [0.2, 0.25) is 0 Å². The third-order valence-corrected chi connectivity index (χ3v) is 3.13. The van der Waals surface area contributed by atoms with Crippen LogP contribution in [-0.2, 0) is 18.3 Å². The van der Waals surface area contributed by atoms with Gasteiger partial charge in [-0.15, -0.1) is 10.2 Å². The summed E-state index contributed by atoms with van der Waals surface area (Å²) in [5.74, 6) is 0.509. The van der Waals surface area contributed by atoms with E-state index in [0.29, 0.717) is 12.2 Å². The number of nitrogens with one attached hydrogen (secondary N) is 1. The first-order valence-corrected chi connectivity index (χ1v) is 6.51. The second kappa shape index (κ2) is 6.29. The smallest absolute Gasteiger partial charge is 0.237 e. The Balaban J connectivity index is 1.93. The van der Waals surface area contributed by atoms with Crippen LogP contribution in [0.1, 0.15) is 24.4 Å². The summed E-state index contributed by atoms with van der Waals surface area (Å²) in [6.07, 6.45) is 2.11. The predicted molar refractivity (Wildman–Crippen MR) is 75.7 cm³/mol. The van der Waals surface area contributed by atoms with E-state index < -0.39 is 6.04 Å². The molecular formula is C14H19N5O. The average molecular weight is 273 g/mol. The van der Waals surface area contributed by atoms with E-state index in [2.05, 4.69) is 15.5 Å². The Kier molecular flexibility index (Phi) is 4.47. The predicted octanol–water partition coefficient (Wildman–Crippen LogP) is 0.562. The first kappa shape index (κ1) is 14.2. The molecule has 1 amide bonds. The van der Waals surface area contributed by atoms with Crippen molar-refractivity contribution in [2.24, 2.45) is 12.8 Å². The van der Waals surface area contributed by atoms with Gasteiger partial charge >= 0.3 is 0 Å². The highest BCUT2D eigenvalue weighted by Gasteiger charge is 2.19. The van der Waals surface area contributed by atoms with Gasteiger partial charge in [0.2, 0.25) is 5.91 Å². The van der Waals surface area contributed by atoms with Crippen LogP contribution in [0.15, 0.2) is 36.7 Å². The van der Waals surface area contributed by atoms with Gasteiger partial charge in [0.05, 0.1) is 12.1 Å². The number of rotatable bonds is 5. The Morgan fingerprint density at radius 1 is 1.40 bits per heavy atom. The molecule has 6 heteroatoms. The second-order valence-corrected chi connectivity index (χ2v) is 4.83. The lowest BCUT2D eigenvalue weighted by Crippen LogP contribution is -2.43. The minimum atomic E-state index is -0.576. The molecule has 1 unspecified atom stereocenters. The molecule has 2 aromatic rings. The molecule has 0 aliphatic rings. The molecule has 1 heterocycles. The molecule has 0 fully saturated rings. The third-order valence-electron chi connectivity index (χ3n) is 3.13. The van der Waals surface area contributed by atoms with Crippen molar-refractivity contribution < 1.29 is 4.79 Å². The molecule has 2 rings (SSSR count). The molecule has 20 heavy (non-hydrogen) atoms. The first-order chi connectivity index (χ1) is 9.58. The molecule has 0 bridgehead atoms. The minimum Gasteiger partial charge on any atom is -0.345 e. The monoisotopic (exact) mass is 273 g/mol. The molecule has 1 aromatic heterocycles. The van der Waals surface area contributed by atoms with Crippen molar-refractivity contribution in [3.63, 3.8) is 0 Å². The fourth-order valence-corrected chi connectivity index (χ4v) is 2.03. The number of aryl methyl sites for hydroxylation is 1. The lowest BCUT2D eigenvalue weighted by atomic mass is 10.1. The summed E-state index contributed by atoms with van der Waals surface area (Å²) in [5.41, 5.74) is 6.98. The SMILES string of the molecule is CC(NC(=O)[C@H](N)Cc1ccccc1)c1nncn1C. The number of carbonyl (C=O) groups is 1. The Morgan fingerprint density at radius 2 is 2.10 bits per heavy atom. The highest BCUT2D eigenvalue weighted by Crippen LogP contribution is 2.08. The van der Waals surface area contributed by atoms with Crippen LogP contribution in [0.4, 0.5) is 0 Å². The number of hydrogen-bond donors (Lipinski definition) is 2. The van der Waals surface area contributed by atoms with Crippen LogP contribution in [0, 0.1) is 0 Å². The molecule has 2 atom stereocenters. The van der Waals surface area contributed by atoms with Crippen molar-refractivity contribution in [2.75, 3.05) is 0 Å². The van der Waals surface area contributed by atoms with Gasteiger partial charge in [0.15, 0.2) is 5.82 Å². The zero-order valence-corrected chi connectivity index (χ0v) is 11.7. The van der Waals surface area contributed by atoms with Crippen LogP contribution in [0.5, 0.6) is 0 Å². The maximum atomic E-state index is 12.1. The molecule has 3 N–H and O–H groups in total. The van der Waals surface area contributed by atoms with E-state index in [9.17, 15) is 4.79 Å². The first-order valence-electron chi connectivity index (χ1n) is 6.51.